The van der Waals surface area contributed by atoms with Crippen molar-refractivity contribution in [2.24, 2.45) is 24.3 Å². The van der Waals surface area contributed by atoms with Crippen molar-refractivity contribution in [3.05, 3.63) is 71.1 Å². The van der Waals surface area contributed by atoms with Crippen molar-refractivity contribution < 1.29 is 14.6 Å². The maximum Gasteiger partial charge on any atom is 0.226 e. The van der Waals surface area contributed by atoms with Gasteiger partial charge in [0.25, 0.3) is 0 Å². The molecule has 1 aromatic heterocycles. The van der Waals surface area contributed by atoms with Crippen LogP contribution in [0.4, 0.5) is 0 Å². The monoisotopic (exact) mass is 483 g/mol. The number of carbonyl (C=O) groups excluding carboxylic acids is 1. The highest BCUT2D eigenvalue weighted by atomic mass is 16.5. The largest absolute Gasteiger partial charge is 0.477 e. The maximum absolute atomic E-state index is 13.8. The predicted molar refractivity (Wildman–Crippen MR) is 131 cm³/mol. The van der Waals surface area contributed by atoms with E-state index in [1.54, 1.807) is 32.1 Å². The molecule has 8 nitrogen and oxygen atoms in total. The van der Waals surface area contributed by atoms with Gasteiger partial charge in [-0.25, -0.2) is 0 Å². The van der Waals surface area contributed by atoms with Crippen molar-refractivity contribution in [3.63, 3.8) is 0 Å². The molecular formula is C28H29N5O3. The second kappa shape index (κ2) is 7.81. The first-order valence-corrected chi connectivity index (χ1v) is 12.0. The van der Waals surface area contributed by atoms with E-state index in [1.165, 1.54) is 4.68 Å². The summed E-state index contributed by atoms with van der Waals surface area (Å²) >= 11 is 0. The average Bonchev–Trinajstić information content (AvgIpc) is 3.40. The van der Waals surface area contributed by atoms with Gasteiger partial charge in [-0.1, -0.05) is 56.3 Å². The van der Waals surface area contributed by atoms with Crippen LogP contribution in [0.1, 0.15) is 43.1 Å². The predicted octanol–water partition coefficient (Wildman–Crippen LogP) is 3.16. The van der Waals surface area contributed by atoms with E-state index in [2.05, 4.69) is 17.2 Å². The van der Waals surface area contributed by atoms with Crippen LogP contribution in [0.15, 0.2) is 54.1 Å². The molecule has 2 aliphatic carbocycles. The Morgan fingerprint density at radius 3 is 2.50 bits per heavy atom. The maximum atomic E-state index is 13.8. The van der Waals surface area contributed by atoms with E-state index in [9.17, 15) is 20.4 Å². The van der Waals surface area contributed by atoms with Gasteiger partial charge >= 0.3 is 0 Å². The Labute approximate surface area is 210 Å². The lowest BCUT2D eigenvalue weighted by molar-refractivity contribution is -0.169. The highest BCUT2D eigenvalue weighted by molar-refractivity contribution is 5.82. The van der Waals surface area contributed by atoms with E-state index in [0.717, 1.165) is 5.56 Å². The van der Waals surface area contributed by atoms with Crippen molar-refractivity contribution in [1.82, 2.24) is 14.7 Å². The van der Waals surface area contributed by atoms with Crippen LogP contribution in [-0.2, 0) is 17.4 Å². The Bertz CT molecular complexity index is 1390. The molecule has 2 heterocycles. The van der Waals surface area contributed by atoms with E-state index >= 15 is 0 Å². The number of rotatable bonds is 3. The minimum absolute atomic E-state index is 0.114. The molecule has 5 rings (SSSR count). The SMILES string of the molecule is C[C@@H]1[C@H](C(=O)N(C)C)[C@@H](c2ccccc2)[C@]2(C3(C)C=CC(C#N)=CC3)Oc3c(nn(C)c3C#N)[C@]12O. The van der Waals surface area contributed by atoms with Gasteiger partial charge in [-0.15, -0.1) is 0 Å². The summed E-state index contributed by atoms with van der Waals surface area (Å²) in [6.45, 7) is 3.86. The molecule has 2 aromatic rings. The van der Waals surface area contributed by atoms with Crippen molar-refractivity contribution in [3.8, 4) is 17.9 Å². The molecule has 184 valence electrons. The van der Waals surface area contributed by atoms with E-state index in [1.807, 2.05) is 56.3 Å². The normalized spacial score (nSPS) is 34.1. The number of amides is 1. The number of carbonyl (C=O) groups is 1. The highest BCUT2D eigenvalue weighted by Gasteiger charge is 2.81. The topological polar surface area (TPSA) is 115 Å². The first-order chi connectivity index (χ1) is 17.1. The van der Waals surface area contributed by atoms with Gasteiger partial charge in [-0.2, -0.15) is 15.6 Å². The first kappa shape index (κ1) is 23.8. The van der Waals surface area contributed by atoms with Crippen molar-refractivity contribution in [2.75, 3.05) is 14.1 Å². The van der Waals surface area contributed by atoms with Crippen LogP contribution in [0.25, 0.3) is 0 Å². The number of benzene rings is 1. The summed E-state index contributed by atoms with van der Waals surface area (Å²) in [5.41, 5.74) is -2.00. The van der Waals surface area contributed by atoms with E-state index < -0.39 is 34.4 Å². The Hall–Kier alpha value is -3.88. The number of ether oxygens (including phenoxy) is 1. The standard InChI is InChI=1S/C28H29N5O3/c1-17-21(25(34)32(3)4)22(19-9-7-6-8-10-19)28(26(2)13-11-18(15-29)12-14-26)27(17,35)24-23(36-28)20(16-30)33(5)31-24/h6-13,17,21-22,35H,14H2,1-5H3/t17-,21+,22-,26?,27-,28-/m1/s1. The lowest BCUT2D eigenvalue weighted by Gasteiger charge is -2.51. The molecule has 1 unspecified atom stereocenters. The Morgan fingerprint density at radius 1 is 1.25 bits per heavy atom. The molecule has 0 spiro atoms. The number of hydrogen-bond donors (Lipinski definition) is 1. The third kappa shape index (κ3) is 2.71. The van der Waals surface area contributed by atoms with Gasteiger partial charge in [0.15, 0.2) is 22.6 Å². The smallest absolute Gasteiger partial charge is 0.226 e. The van der Waals surface area contributed by atoms with Crippen LogP contribution in [0.5, 0.6) is 5.75 Å². The summed E-state index contributed by atoms with van der Waals surface area (Å²) in [7, 11) is 5.08. The lowest BCUT2D eigenvalue weighted by Crippen LogP contribution is -2.62. The van der Waals surface area contributed by atoms with Crippen LogP contribution in [0.2, 0.25) is 0 Å². The van der Waals surface area contributed by atoms with Crippen LogP contribution < -0.4 is 4.74 Å². The van der Waals surface area contributed by atoms with Crippen molar-refractivity contribution >= 4 is 5.91 Å². The van der Waals surface area contributed by atoms with E-state index in [0.29, 0.717) is 12.0 Å². The second-order valence-corrected chi connectivity index (χ2v) is 10.5. The van der Waals surface area contributed by atoms with Gasteiger partial charge in [0, 0.05) is 44.0 Å². The molecule has 1 fully saturated rings. The number of fused-ring (bicyclic) bond motifs is 3. The zero-order valence-corrected chi connectivity index (χ0v) is 21.1. The Kier molecular flexibility index (Phi) is 5.17. The number of nitrogens with zero attached hydrogens (tertiary/aromatic N) is 5. The number of allylic oxidation sites excluding steroid dienone is 3. The third-order valence-corrected chi connectivity index (χ3v) is 8.53. The molecule has 1 N–H and O–H groups in total. The summed E-state index contributed by atoms with van der Waals surface area (Å²) in [6, 6.07) is 14.0. The summed E-state index contributed by atoms with van der Waals surface area (Å²) in [5.74, 6) is -1.63. The molecule has 8 heteroatoms. The molecule has 0 bridgehead atoms. The molecule has 0 saturated heterocycles. The van der Waals surface area contributed by atoms with Gasteiger partial charge in [0.1, 0.15) is 11.8 Å². The summed E-state index contributed by atoms with van der Waals surface area (Å²) in [5, 5.41) is 36.9. The van der Waals surface area contributed by atoms with Gasteiger partial charge in [0.2, 0.25) is 5.91 Å². The zero-order chi connectivity index (χ0) is 26.0. The lowest BCUT2D eigenvalue weighted by atomic mass is 9.57. The highest BCUT2D eigenvalue weighted by Crippen LogP contribution is 2.72. The fourth-order valence-corrected chi connectivity index (χ4v) is 6.80. The minimum Gasteiger partial charge on any atom is -0.477 e. The van der Waals surface area contributed by atoms with E-state index in [-0.39, 0.29) is 23.0 Å². The molecule has 6 atom stereocenters. The van der Waals surface area contributed by atoms with Gasteiger partial charge in [-0.3, -0.25) is 9.48 Å². The zero-order valence-electron chi connectivity index (χ0n) is 21.1. The molecule has 36 heavy (non-hydrogen) atoms. The van der Waals surface area contributed by atoms with Gasteiger partial charge in [-0.05, 0) is 18.1 Å². The van der Waals surface area contributed by atoms with Crippen molar-refractivity contribution in [1.29, 1.82) is 10.5 Å². The molecule has 1 amide bonds. The molecule has 1 aliphatic heterocycles. The van der Waals surface area contributed by atoms with Crippen LogP contribution in [0.3, 0.4) is 0 Å². The average molecular weight is 484 g/mol. The first-order valence-electron chi connectivity index (χ1n) is 12.0. The Morgan fingerprint density at radius 2 is 1.94 bits per heavy atom. The molecule has 3 aliphatic rings. The quantitative estimate of drug-likeness (QED) is 0.717. The van der Waals surface area contributed by atoms with Crippen LogP contribution in [0, 0.1) is 39.9 Å². The third-order valence-electron chi connectivity index (χ3n) is 8.53. The van der Waals surface area contributed by atoms with Gasteiger partial charge < -0.3 is 14.7 Å². The van der Waals surface area contributed by atoms with Crippen molar-refractivity contribution in [2.45, 2.75) is 37.4 Å². The number of aromatic nitrogens is 2. The molecular weight excluding hydrogens is 454 g/mol. The summed E-state index contributed by atoms with van der Waals surface area (Å²) in [6.07, 6.45) is 5.91. The summed E-state index contributed by atoms with van der Waals surface area (Å²) < 4.78 is 8.30. The molecule has 1 aromatic carbocycles. The van der Waals surface area contributed by atoms with E-state index in [4.69, 9.17) is 4.74 Å². The fraction of sp³-hybridized carbons (Fsp3) is 0.429. The number of aryl methyl sites for hydroxylation is 1. The van der Waals surface area contributed by atoms with Gasteiger partial charge in [0.05, 0.1) is 12.0 Å². The van der Waals surface area contributed by atoms with Crippen LogP contribution >= 0.6 is 0 Å². The summed E-state index contributed by atoms with van der Waals surface area (Å²) in [4.78, 5) is 15.3. The fourth-order valence-electron chi connectivity index (χ4n) is 6.80. The molecule has 1 saturated carbocycles. The number of nitriles is 2. The van der Waals surface area contributed by atoms with Crippen LogP contribution in [-0.4, -0.2) is 45.4 Å². The molecule has 0 radical (unpaired) electrons. The number of aliphatic hydroxyl groups is 1. The number of hydrogen-bond acceptors (Lipinski definition) is 6. The Balaban J connectivity index is 1.87. The minimum atomic E-state index is -1.69. The second-order valence-electron chi connectivity index (χ2n) is 10.5.